The molecule has 2 aromatic carbocycles. The number of rotatable bonds is 5. The summed E-state index contributed by atoms with van der Waals surface area (Å²) in [6, 6.07) is 10.8. The highest BCUT2D eigenvalue weighted by Crippen LogP contribution is 2.40. The van der Waals surface area contributed by atoms with E-state index in [0.29, 0.717) is 36.4 Å². The fourth-order valence-electron chi connectivity index (χ4n) is 2.81. The summed E-state index contributed by atoms with van der Waals surface area (Å²) in [5.74, 6) is 1.33. The van der Waals surface area contributed by atoms with E-state index in [1.807, 2.05) is 31.2 Å². The van der Waals surface area contributed by atoms with Gasteiger partial charge in [-0.3, -0.25) is 0 Å². The van der Waals surface area contributed by atoms with Crippen molar-refractivity contribution in [3.05, 3.63) is 53.4 Å². The zero-order chi connectivity index (χ0) is 19.5. The van der Waals surface area contributed by atoms with E-state index in [1.54, 1.807) is 12.1 Å². The monoisotopic (exact) mass is 382 g/mol. The van der Waals surface area contributed by atoms with Gasteiger partial charge in [0, 0.05) is 5.56 Å². The van der Waals surface area contributed by atoms with Crippen molar-refractivity contribution in [3.8, 4) is 28.7 Å². The first-order valence-corrected chi connectivity index (χ1v) is 8.68. The van der Waals surface area contributed by atoms with Crippen molar-refractivity contribution in [1.29, 1.82) is 0 Å². The molecular weight excluding hydrogens is 364 g/mol. The summed E-state index contributed by atoms with van der Waals surface area (Å²) in [6.07, 6.45) is 0. The van der Waals surface area contributed by atoms with Crippen LogP contribution in [-0.4, -0.2) is 36.5 Å². The molecule has 0 bridgehead atoms. The van der Waals surface area contributed by atoms with Gasteiger partial charge in [-0.05, 0) is 31.2 Å². The zero-order valence-corrected chi connectivity index (χ0v) is 15.4. The zero-order valence-electron chi connectivity index (χ0n) is 15.4. The minimum absolute atomic E-state index is 0.144. The molecule has 4 rings (SSSR count). The maximum atomic E-state index is 12.4. The fraction of sp³-hybridized carbons (Fsp3) is 0.250. The van der Waals surface area contributed by atoms with Gasteiger partial charge in [-0.2, -0.15) is 0 Å². The molecule has 3 aromatic rings. The average Bonchev–Trinajstić information content (AvgIpc) is 3.20. The van der Waals surface area contributed by atoms with Crippen LogP contribution in [0.5, 0.6) is 17.2 Å². The van der Waals surface area contributed by atoms with E-state index in [4.69, 9.17) is 23.4 Å². The minimum Gasteiger partial charge on any atom is -0.493 e. The van der Waals surface area contributed by atoms with Crippen LogP contribution in [0.3, 0.4) is 0 Å². The average molecular weight is 382 g/mol. The molecule has 0 saturated heterocycles. The Labute approximate surface area is 161 Å². The van der Waals surface area contributed by atoms with E-state index in [-0.39, 0.29) is 18.1 Å². The highest BCUT2D eigenvalue weighted by Gasteiger charge is 2.22. The van der Waals surface area contributed by atoms with Crippen molar-refractivity contribution in [2.24, 2.45) is 0 Å². The van der Waals surface area contributed by atoms with E-state index in [9.17, 15) is 4.79 Å². The summed E-state index contributed by atoms with van der Waals surface area (Å²) >= 11 is 0. The summed E-state index contributed by atoms with van der Waals surface area (Å²) in [7, 11) is 1.49. The number of ether oxygens (including phenoxy) is 4. The van der Waals surface area contributed by atoms with Crippen LogP contribution in [0, 0.1) is 6.92 Å². The van der Waals surface area contributed by atoms with Crippen LogP contribution in [0.25, 0.3) is 11.5 Å². The lowest BCUT2D eigenvalue weighted by Crippen LogP contribution is -2.17. The Hall–Kier alpha value is -3.55. The maximum absolute atomic E-state index is 12.4. The Morgan fingerprint density at radius 2 is 2.00 bits per heavy atom. The Balaban J connectivity index is 1.46. The standard InChI is InChI=1S/C20H18N2O6/c1-12-4-3-5-13(8-12)19-22-21-17(28-19)11-27-20(23)14-9-15(24-2)18-16(10-14)25-6-7-26-18/h3-5,8-10H,6-7,11H2,1-2H3. The number of carbonyl (C=O) groups excluding carboxylic acids is 1. The van der Waals surface area contributed by atoms with Crippen molar-refractivity contribution in [2.75, 3.05) is 20.3 Å². The Morgan fingerprint density at radius 1 is 1.14 bits per heavy atom. The predicted molar refractivity (Wildman–Crippen MR) is 97.6 cm³/mol. The van der Waals surface area contributed by atoms with Gasteiger partial charge >= 0.3 is 5.97 Å². The normalized spacial score (nSPS) is 12.5. The van der Waals surface area contributed by atoms with E-state index in [1.165, 1.54) is 7.11 Å². The molecule has 0 amide bonds. The number of nitrogens with zero attached hydrogens (tertiary/aromatic N) is 2. The van der Waals surface area contributed by atoms with E-state index >= 15 is 0 Å². The van der Waals surface area contributed by atoms with Crippen LogP contribution in [0.15, 0.2) is 40.8 Å². The molecule has 0 spiro atoms. The molecule has 8 heteroatoms. The summed E-state index contributed by atoms with van der Waals surface area (Å²) in [4.78, 5) is 12.4. The summed E-state index contributed by atoms with van der Waals surface area (Å²) < 4.78 is 27.2. The first-order valence-electron chi connectivity index (χ1n) is 8.68. The van der Waals surface area contributed by atoms with E-state index in [0.717, 1.165) is 11.1 Å². The Kier molecular flexibility index (Phi) is 4.84. The highest BCUT2D eigenvalue weighted by atomic mass is 16.6. The molecule has 0 saturated carbocycles. The molecule has 2 heterocycles. The second kappa shape index (κ2) is 7.59. The molecule has 0 fully saturated rings. The second-order valence-electron chi connectivity index (χ2n) is 6.15. The van der Waals surface area contributed by atoms with E-state index in [2.05, 4.69) is 10.2 Å². The lowest BCUT2D eigenvalue weighted by Gasteiger charge is -2.21. The second-order valence-corrected chi connectivity index (χ2v) is 6.15. The molecule has 0 N–H and O–H groups in total. The fourth-order valence-corrected chi connectivity index (χ4v) is 2.81. The number of benzene rings is 2. The van der Waals surface area contributed by atoms with Crippen LogP contribution in [0.4, 0.5) is 0 Å². The number of hydrogen-bond donors (Lipinski definition) is 0. The van der Waals surface area contributed by atoms with Gasteiger partial charge in [-0.1, -0.05) is 17.7 Å². The minimum atomic E-state index is -0.564. The van der Waals surface area contributed by atoms with Gasteiger partial charge in [0.2, 0.25) is 11.6 Å². The van der Waals surface area contributed by atoms with Crippen molar-refractivity contribution in [1.82, 2.24) is 10.2 Å². The molecule has 1 aliphatic rings. The molecule has 0 radical (unpaired) electrons. The number of carbonyl (C=O) groups is 1. The molecule has 1 aromatic heterocycles. The van der Waals surface area contributed by atoms with Gasteiger partial charge in [-0.25, -0.2) is 4.79 Å². The number of methoxy groups -OCH3 is 1. The first kappa shape index (κ1) is 17.8. The number of hydrogen-bond acceptors (Lipinski definition) is 8. The van der Waals surface area contributed by atoms with Crippen LogP contribution in [-0.2, 0) is 11.3 Å². The largest absolute Gasteiger partial charge is 0.493 e. The third-order valence-electron chi connectivity index (χ3n) is 4.12. The van der Waals surface area contributed by atoms with Crippen LogP contribution in [0.1, 0.15) is 21.8 Å². The quantitative estimate of drug-likeness (QED) is 0.621. The van der Waals surface area contributed by atoms with Crippen molar-refractivity contribution in [2.45, 2.75) is 13.5 Å². The van der Waals surface area contributed by atoms with Gasteiger partial charge in [0.05, 0.1) is 12.7 Å². The number of fused-ring (bicyclic) bond motifs is 1. The molecule has 144 valence electrons. The smallest absolute Gasteiger partial charge is 0.338 e. The number of aryl methyl sites for hydroxylation is 1. The topological polar surface area (TPSA) is 92.9 Å². The SMILES string of the molecule is COc1cc(C(=O)OCc2nnc(-c3cccc(C)c3)o2)cc2c1OCCO2. The Morgan fingerprint density at radius 3 is 2.82 bits per heavy atom. The predicted octanol–water partition coefficient (Wildman–Crippen LogP) is 3.18. The molecule has 0 atom stereocenters. The van der Waals surface area contributed by atoms with Crippen molar-refractivity contribution in [3.63, 3.8) is 0 Å². The Bertz CT molecular complexity index is 996. The maximum Gasteiger partial charge on any atom is 0.338 e. The summed E-state index contributed by atoms with van der Waals surface area (Å²) in [5, 5.41) is 7.93. The van der Waals surface area contributed by atoms with Gasteiger partial charge in [0.25, 0.3) is 5.89 Å². The van der Waals surface area contributed by atoms with Gasteiger partial charge in [-0.15, -0.1) is 10.2 Å². The van der Waals surface area contributed by atoms with Gasteiger partial charge in [0.15, 0.2) is 18.1 Å². The summed E-state index contributed by atoms with van der Waals surface area (Å²) in [5.41, 5.74) is 2.16. The lowest BCUT2D eigenvalue weighted by molar-refractivity contribution is 0.0437. The number of esters is 1. The molecule has 0 unspecified atom stereocenters. The van der Waals surface area contributed by atoms with Gasteiger partial charge < -0.3 is 23.4 Å². The molecule has 1 aliphatic heterocycles. The molecule has 8 nitrogen and oxygen atoms in total. The van der Waals surface area contributed by atoms with Crippen molar-refractivity contribution >= 4 is 5.97 Å². The van der Waals surface area contributed by atoms with Crippen molar-refractivity contribution < 1.29 is 28.2 Å². The first-order chi connectivity index (χ1) is 13.6. The van der Waals surface area contributed by atoms with Crippen LogP contribution in [0.2, 0.25) is 0 Å². The molecule has 28 heavy (non-hydrogen) atoms. The van der Waals surface area contributed by atoms with Crippen LogP contribution < -0.4 is 14.2 Å². The lowest BCUT2D eigenvalue weighted by atomic mass is 10.1. The number of aromatic nitrogens is 2. The highest BCUT2D eigenvalue weighted by molar-refractivity contribution is 5.91. The molecule has 0 aliphatic carbocycles. The third kappa shape index (κ3) is 3.62. The third-order valence-corrected chi connectivity index (χ3v) is 4.12. The molecular formula is C20H18N2O6. The van der Waals surface area contributed by atoms with E-state index < -0.39 is 5.97 Å². The van der Waals surface area contributed by atoms with Crippen LogP contribution >= 0.6 is 0 Å². The summed E-state index contributed by atoms with van der Waals surface area (Å²) in [6.45, 7) is 2.66. The van der Waals surface area contributed by atoms with Gasteiger partial charge in [0.1, 0.15) is 13.2 Å².